The predicted octanol–water partition coefficient (Wildman–Crippen LogP) is 2.10. The van der Waals surface area contributed by atoms with Gasteiger partial charge in [-0.15, -0.1) is 0 Å². The molecule has 2 aromatic rings. The molecule has 0 aliphatic heterocycles. The molecule has 2 rings (SSSR count). The molecule has 168 valence electrons. The SMILES string of the molecule is COc1ccc(C(=O)Nc2ccc(OCC(=O)N(C)C)cc2)cc1S(=O)(=O)NC(C)C. The fourth-order valence-electron chi connectivity index (χ4n) is 2.51. The van der Waals surface area contributed by atoms with E-state index in [1.807, 2.05) is 0 Å². The molecule has 0 saturated carbocycles. The van der Waals surface area contributed by atoms with E-state index in [4.69, 9.17) is 9.47 Å². The van der Waals surface area contributed by atoms with E-state index in [-0.39, 0.29) is 34.8 Å². The third-order valence-corrected chi connectivity index (χ3v) is 5.76. The molecule has 10 heteroatoms. The average molecular weight is 450 g/mol. The third kappa shape index (κ3) is 6.69. The number of carbonyl (C=O) groups excluding carboxylic acids is 2. The minimum absolute atomic E-state index is 0.0911. The molecule has 9 nitrogen and oxygen atoms in total. The third-order valence-electron chi connectivity index (χ3n) is 4.08. The van der Waals surface area contributed by atoms with E-state index in [0.717, 1.165) is 0 Å². The molecular formula is C21H27N3O6S. The fourth-order valence-corrected chi connectivity index (χ4v) is 3.96. The molecule has 0 atom stereocenters. The summed E-state index contributed by atoms with van der Waals surface area (Å²) >= 11 is 0. The minimum atomic E-state index is -3.86. The van der Waals surface area contributed by atoms with Crippen LogP contribution in [0.2, 0.25) is 0 Å². The lowest BCUT2D eigenvalue weighted by Gasteiger charge is -2.14. The molecule has 0 aliphatic rings. The lowest BCUT2D eigenvalue weighted by atomic mass is 10.2. The van der Waals surface area contributed by atoms with E-state index in [0.29, 0.717) is 11.4 Å². The van der Waals surface area contributed by atoms with Gasteiger partial charge in [-0.1, -0.05) is 0 Å². The first-order valence-corrected chi connectivity index (χ1v) is 11.0. The van der Waals surface area contributed by atoms with Crippen molar-refractivity contribution in [2.75, 3.05) is 33.1 Å². The number of likely N-dealkylation sites (N-methyl/N-ethyl adjacent to an activating group) is 1. The van der Waals surface area contributed by atoms with Gasteiger partial charge in [-0.2, -0.15) is 0 Å². The van der Waals surface area contributed by atoms with Crippen molar-refractivity contribution in [1.82, 2.24) is 9.62 Å². The number of amides is 2. The number of hydrogen-bond donors (Lipinski definition) is 2. The highest BCUT2D eigenvalue weighted by Crippen LogP contribution is 2.26. The zero-order valence-electron chi connectivity index (χ0n) is 18.1. The molecule has 31 heavy (non-hydrogen) atoms. The van der Waals surface area contributed by atoms with Crippen molar-refractivity contribution >= 4 is 27.5 Å². The highest BCUT2D eigenvalue weighted by atomic mass is 32.2. The van der Waals surface area contributed by atoms with Gasteiger partial charge in [0.15, 0.2) is 6.61 Å². The largest absolute Gasteiger partial charge is 0.495 e. The maximum absolute atomic E-state index is 12.6. The summed E-state index contributed by atoms with van der Waals surface area (Å²) in [7, 11) is 0.777. The molecule has 0 radical (unpaired) electrons. The molecule has 2 aromatic carbocycles. The van der Waals surface area contributed by atoms with E-state index >= 15 is 0 Å². The maximum Gasteiger partial charge on any atom is 0.259 e. The second kappa shape index (κ2) is 10.3. The Balaban J connectivity index is 2.15. The van der Waals surface area contributed by atoms with E-state index in [2.05, 4.69) is 10.0 Å². The van der Waals surface area contributed by atoms with Crippen LogP contribution in [0.4, 0.5) is 5.69 Å². The number of rotatable bonds is 9. The summed E-state index contributed by atoms with van der Waals surface area (Å²) in [4.78, 5) is 25.5. The molecule has 0 spiro atoms. The van der Waals surface area contributed by atoms with Gasteiger partial charge in [0.2, 0.25) is 10.0 Å². The second-order valence-electron chi connectivity index (χ2n) is 7.20. The Bertz CT molecular complexity index is 1030. The number of sulfonamides is 1. The van der Waals surface area contributed by atoms with Crippen LogP contribution in [-0.2, 0) is 14.8 Å². The molecule has 0 bridgehead atoms. The molecule has 0 unspecified atom stereocenters. The first-order valence-electron chi connectivity index (χ1n) is 9.48. The van der Waals surface area contributed by atoms with Crippen molar-refractivity contribution < 1.29 is 27.5 Å². The minimum Gasteiger partial charge on any atom is -0.495 e. The van der Waals surface area contributed by atoms with E-state index in [9.17, 15) is 18.0 Å². The fraction of sp³-hybridized carbons (Fsp3) is 0.333. The number of ether oxygens (including phenoxy) is 2. The monoisotopic (exact) mass is 449 g/mol. The van der Waals surface area contributed by atoms with Crippen molar-refractivity contribution in [3.63, 3.8) is 0 Å². The van der Waals surface area contributed by atoms with Gasteiger partial charge in [0.05, 0.1) is 7.11 Å². The molecular weight excluding hydrogens is 422 g/mol. The summed E-state index contributed by atoms with van der Waals surface area (Å²) in [6, 6.07) is 10.3. The first-order chi connectivity index (χ1) is 14.5. The van der Waals surface area contributed by atoms with Gasteiger partial charge in [-0.05, 0) is 56.3 Å². The average Bonchev–Trinajstić information content (AvgIpc) is 2.71. The summed E-state index contributed by atoms with van der Waals surface area (Å²) in [6.45, 7) is 3.31. The zero-order chi connectivity index (χ0) is 23.2. The van der Waals surface area contributed by atoms with Crippen molar-refractivity contribution in [2.45, 2.75) is 24.8 Å². The van der Waals surface area contributed by atoms with E-state index in [1.165, 1.54) is 30.2 Å². The highest BCUT2D eigenvalue weighted by Gasteiger charge is 2.22. The van der Waals surface area contributed by atoms with Gasteiger partial charge < -0.3 is 19.7 Å². The number of anilines is 1. The van der Waals surface area contributed by atoms with Crippen LogP contribution >= 0.6 is 0 Å². The molecule has 0 aromatic heterocycles. The van der Waals surface area contributed by atoms with Gasteiger partial charge in [0, 0.05) is 31.4 Å². The highest BCUT2D eigenvalue weighted by molar-refractivity contribution is 7.89. The number of carbonyl (C=O) groups is 2. The van der Waals surface area contributed by atoms with Gasteiger partial charge in [0.25, 0.3) is 11.8 Å². The van der Waals surface area contributed by atoms with E-state index < -0.39 is 15.9 Å². The van der Waals surface area contributed by atoms with Gasteiger partial charge in [-0.3, -0.25) is 9.59 Å². The Morgan fingerprint density at radius 3 is 2.26 bits per heavy atom. The maximum atomic E-state index is 12.6. The number of methoxy groups -OCH3 is 1. The van der Waals surface area contributed by atoms with Crippen LogP contribution in [0.25, 0.3) is 0 Å². The summed E-state index contributed by atoms with van der Waals surface area (Å²) < 4.78 is 38.2. The van der Waals surface area contributed by atoms with Crippen LogP contribution in [0.3, 0.4) is 0 Å². The second-order valence-corrected chi connectivity index (χ2v) is 8.88. The van der Waals surface area contributed by atoms with Crippen LogP contribution < -0.4 is 19.5 Å². The molecule has 2 amide bonds. The zero-order valence-corrected chi connectivity index (χ0v) is 18.9. The van der Waals surface area contributed by atoms with Crippen LogP contribution in [-0.4, -0.2) is 59.0 Å². The molecule has 0 heterocycles. The van der Waals surface area contributed by atoms with Crippen LogP contribution in [0.15, 0.2) is 47.4 Å². The molecule has 0 aliphatic carbocycles. The molecule has 0 fully saturated rings. The van der Waals surface area contributed by atoms with Crippen molar-refractivity contribution in [3.05, 3.63) is 48.0 Å². The van der Waals surface area contributed by atoms with Crippen molar-refractivity contribution in [3.8, 4) is 11.5 Å². The van der Waals surface area contributed by atoms with Crippen molar-refractivity contribution in [2.24, 2.45) is 0 Å². The summed E-state index contributed by atoms with van der Waals surface area (Å²) in [6.07, 6.45) is 0. The Morgan fingerprint density at radius 2 is 1.71 bits per heavy atom. The summed E-state index contributed by atoms with van der Waals surface area (Å²) in [5, 5.41) is 2.70. The van der Waals surface area contributed by atoms with Gasteiger partial charge >= 0.3 is 0 Å². The van der Waals surface area contributed by atoms with Gasteiger partial charge in [-0.25, -0.2) is 13.1 Å². The Morgan fingerprint density at radius 1 is 1.06 bits per heavy atom. The lowest BCUT2D eigenvalue weighted by molar-refractivity contribution is -0.130. The number of benzene rings is 2. The van der Waals surface area contributed by atoms with Gasteiger partial charge in [0.1, 0.15) is 16.4 Å². The number of hydrogen-bond acceptors (Lipinski definition) is 6. The predicted molar refractivity (Wildman–Crippen MR) is 117 cm³/mol. The van der Waals surface area contributed by atoms with Crippen LogP contribution in [0, 0.1) is 0 Å². The molecule has 0 saturated heterocycles. The van der Waals surface area contributed by atoms with Crippen LogP contribution in [0.5, 0.6) is 11.5 Å². The van der Waals surface area contributed by atoms with Crippen molar-refractivity contribution in [1.29, 1.82) is 0 Å². The Kier molecular flexibility index (Phi) is 8.01. The standard InChI is InChI=1S/C21H27N3O6S/c1-14(2)23-31(27,28)19-12-15(6-11-18(19)29-5)21(26)22-16-7-9-17(10-8-16)30-13-20(25)24(3)4/h6-12,14,23H,13H2,1-5H3,(H,22,26). The normalized spacial score (nSPS) is 11.2. The quantitative estimate of drug-likeness (QED) is 0.606. The molecule has 2 N–H and O–H groups in total. The lowest BCUT2D eigenvalue weighted by Crippen LogP contribution is -2.30. The topological polar surface area (TPSA) is 114 Å². The summed E-state index contributed by atoms with van der Waals surface area (Å²) in [5.41, 5.74) is 0.638. The number of nitrogens with zero attached hydrogens (tertiary/aromatic N) is 1. The Labute approximate surface area is 182 Å². The summed E-state index contributed by atoms with van der Waals surface area (Å²) in [5.74, 6) is -0.0426. The van der Waals surface area contributed by atoms with E-state index in [1.54, 1.807) is 52.2 Å². The Hall–Kier alpha value is -3.11. The first kappa shape index (κ1) is 24.2. The smallest absolute Gasteiger partial charge is 0.259 e. The van der Waals surface area contributed by atoms with Crippen LogP contribution in [0.1, 0.15) is 24.2 Å². The number of nitrogens with one attached hydrogen (secondary N) is 2.